The molecule has 0 aliphatic carbocycles. The van der Waals surface area contributed by atoms with E-state index in [1.807, 2.05) is 14.1 Å². The SMILES string of the molecule is CN(C)OCCC(C)(C)C. The average Bonchev–Trinajstić information content (AvgIpc) is 1.59. The largest absolute Gasteiger partial charge is 0.300 e. The summed E-state index contributed by atoms with van der Waals surface area (Å²) in [6.45, 7) is 7.46. The maximum atomic E-state index is 5.25. The van der Waals surface area contributed by atoms with E-state index in [4.69, 9.17) is 4.84 Å². The first kappa shape index (κ1) is 9.92. The minimum Gasteiger partial charge on any atom is -0.300 e. The summed E-state index contributed by atoms with van der Waals surface area (Å²) in [5, 5.41) is 1.74. The molecule has 0 amide bonds. The first-order chi connectivity index (χ1) is 4.42. The van der Waals surface area contributed by atoms with E-state index in [0.29, 0.717) is 5.41 Å². The van der Waals surface area contributed by atoms with Crippen LogP contribution in [-0.4, -0.2) is 25.8 Å². The highest BCUT2D eigenvalue weighted by Crippen LogP contribution is 2.17. The maximum absolute atomic E-state index is 5.25. The Bertz CT molecular complexity index is 83.7. The van der Waals surface area contributed by atoms with Gasteiger partial charge in [-0.05, 0) is 11.8 Å². The third kappa shape index (κ3) is 7.92. The van der Waals surface area contributed by atoms with Gasteiger partial charge in [-0.2, -0.15) is 5.06 Å². The van der Waals surface area contributed by atoms with Crippen LogP contribution in [0.1, 0.15) is 27.2 Å². The minimum atomic E-state index is 0.385. The van der Waals surface area contributed by atoms with E-state index in [0.717, 1.165) is 13.0 Å². The molecule has 0 saturated carbocycles. The maximum Gasteiger partial charge on any atom is 0.0689 e. The smallest absolute Gasteiger partial charge is 0.0689 e. The van der Waals surface area contributed by atoms with E-state index in [1.54, 1.807) is 5.06 Å². The first-order valence-electron chi connectivity index (χ1n) is 3.72. The van der Waals surface area contributed by atoms with Crippen molar-refractivity contribution in [1.29, 1.82) is 0 Å². The number of hydrogen-bond donors (Lipinski definition) is 0. The minimum absolute atomic E-state index is 0.385. The van der Waals surface area contributed by atoms with Gasteiger partial charge < -0.3 is 0 Å². The van der Waals surface area contributed by atoms with Crippen molar-refractivity contribution in [3.05, 3.63) is 0 Å². The molecular weight excluding hydrogens is 126 g/mol. The Hall–Kier alpha value is -0.0800. The normalized spacial score (nSPS) is 12.6. The van der Waals surface area contributed by atoms with Gasteiger partial charge in [0.2, 0.25) is 0 Å². The molecule has 0 aromatic carbocycles. The van der Waals surface area contributed by atoms with Gasteiger partial charge in [0.15, 0.2) is 0 Å². The van der Waals surface area contributed by atoms with Crippen molar-refractivity contribution < 1.29 is 4.84 Å². The van der Waals surface area contributed by atoms with Crippen molar-refractivity contribution in [1.82, 2.24) is 5.06 Å². The molecule has 0 radical (unpaired) electrons. The van der Waals surface area contributed by atoms with E-state index in [9.17, 15) is 0 Å². The Morgan fingerprint density at radius 2 is 1.70 bits per heavy atom. The predicted molar refractivity (Wildman–Crippen MR) is 43.7 cm³/mol. The lowest BCUT2D eigenvalue weighted by Gasteiger charge is -2.19. The standard InChI is InChI=1S/C8H19NO/c1-8(2,3)6-7-10-9(4)5/h6-7H2,1-5H3. The summed E-state index contributed by atoms with van der Waals surface area (Å²) in [6.07, 6.45) is 1.10. The summed E-state index contributed by atoms with van der Waals surface area (Å²) >= 11 is 0. The van der Waals surface area contributed by atoms with E-state index < -0.39 is 0 Å². The van der Waals surface area contributed by atoms with Crippen LogP contribution in [0.3, 0.4) is 0 Å². The van der Waals surface area contributed by atoms with Crippen molar-refractivity contribution in [2.45, 2.75) is 27.2 Å². The molecule has 0 aromatic rings. The van der Waals surface area contributed by atoms with Crippen LogP contribution >= 0.6 is 0 Å². The molecule has 0 bridgehead atoms. The first-order valence-corrected chi connectivity index (χ1v) is 3.72. The Kier molecular flexibility index (Phi) is 3.91. The molecule has 0 aliphatic heterocycles. The molecule has 0 spiro atoms. The average molecular weight is 145 g/mol. The van der Waals surface area contributed by atoms with Crippen LogP contribution in [0.4, 0.5) is 0 Å². The molecule has 0 heterocycles. The molecule has 0 aromatic heterocycles. The van der Waals surface area contributed by atoms with Crippen LogP contribution in [0.15, 0.2) is 0 Å². The zero-order valence-electron chi connectivity index (χ0n) is 7.77. The van der Waals surface area contributed by atoms with Crippen molar-refractivity contribution in [2.24, 2.45) is 5.41 Å². The van der Waals surface area contributed by atoms with Crippen molar-refractivity contribution in [3.8, 4) is 0 Å². The van der Waals surface area contributed by atoms with Gasteiger partial charge in [-0.15, -0.1) is 0 Å². The van der Waals surface area contributed by atoms with Gasteiger partial charge >= 0.3 is 0 Å². The van der Waals surface area contributed by atoms with Gasteiger partial charge in [-0.3, -0.25) is 4.84 Å². The van der Waals surface area contributed by atoms with E-state index in [2.05, 4.69) is 20.8 Å². The number of nitrogens with zero attached hydrogens (tertiary/aromatic N) is 1. The van der Waals surface area contributed by atoms with Crippen LogP contribution in [0.5, 0.6) is 0 Å². The van der Waals surface area contributed by atoms with Gasteiger partial charge in [-0.25, -0.2) is 0 Å². The summed E-state index contributed by atoms with van der Waals surface area (Å²) in [5.74, 6) is 0. The quantitative estimate of drug-likeness (QED) is 0.562. The van der Waals surface area contributed by atoms with Crippen LogP contribution in [0, 0.1) is 5.41 Å². The van der Waals surface area contributed by atoms with Crippen molar-refractivity contribution in [3.63, 3.8) is 0 Å². The Morgan fingerprint density at radius 3 is 2.00 bits per heavy atom. The van der Waals surface area contributed by atoms with Crippen LogP contribution in [0.25, 0.3) is 0 Å². The zero-order valence-corrected chi connectivity index (χ0v) is 7.77. The van der Waals surface area contributed by atoms with Crippen LogP contribution in [0.2, 0.25) is 0 Å². The summed E-state index contributed by atoms with van der Waals surface area (Å²) in [5.41, 5.74) is 0.385. The second-order valence-corrected chi connectivity index (χ2v) is 3.96. The second-order valence-electron chi connectivity index (χ2n) is 3.96. The molecule has 0 aliphatic rings. The Balaban J connectivity index is 3.21. The van der Waals surface area contributed by atoms with E-state index in [-0.39, 0.29) is 0 Å². The molecule has 10 heavy (non-hydrogen) atoms. The van der Waals surface area contributed by atoms with Crippen LogP contribution in [-0.2, 0) is 4.84 Å². The Labute approximate surface area is 64.1 Å². The summed E-state index contributed by atoms with van der Waals surface area (Å²) in [6, 6.07) is 0. The summed E-state index contributed by atoms with van der Waals surface area (Å²) < 4.78 is 0. The highest BCUT2D eigenvalue weighted by atomic mass is 16.7. The lowest BCUT2D eigenvalue weighted by atomic mass is 9.93. The van der Waals surface area contributed by atoms with Gasteiger partial charge in [0.1, 0.15) is 0 Å². The highest BCUT2D eigenvalue weighted by Gasteiger charge is 2.09. The third-order valence-corrected chi connectivity index (χ3v) is 1.20. The van der Waals surface area contributed by atoms with Gasteiger partial charge in [0.25, 0.3) is 0 Å². The summed E-state index contributed by atoms with van der Waals surface area (Å²) in [7, 11) is 3.81. The fourth-order valence-corrected chi connectivity index (χ4v) is 0.534. The molecular formula is C8H19NO. The fraction of sp³-hybridized carbons (Fsp3) is 1.00. The molecule has 0 N–H and O–H groups in total. The van der Waals surface area contributed by atoms with Gasteiger partial charge in [0.05, 0.1) is 6.61 Å². The third-order valence-electron chi connectivity index (χ3n) is 1.20. The number of hydroxylamine groups is 2. The predicted octanol–water partition coefficient (Wildman–Crippen LogP) is 1.92. The van der Waals surface area contributed by atoms with Crippen molar-refractivity contribution >= 4 is 0 Å². The second kappa shape index (κ2) is 3.94. The summed E-state index contributed by atoms with van der Waals surface area (Å²) in [4.78, 5) is 5.25. The monoisotopic (exact) mass is 145 g/mol. The molecule has 0 atom stereocenters. The fourth-order valence-electron chi connectivity index (χ4n) is 0.534. The van der Waals surface area contributed by atoms with Gasteiger partial charge in [-0.1, -0.05) is 20.8 Å². The Morgan fingerprint density at radius 1 is 1.20 bits per heavy atom. The van der Waals surface area contributed by atoms with Crippen LogP contribution < -0.4 is 0 Å². The molecule has 0 fully saturated rings. The highest BCUT2D eigenvalue weighted by molar-refractivity contribution is 4.59. The van der Waals surface area contributed by atoms with E-state index in [1.165, 1.54) is 0 Å². The van der Waals surface area contributed by atoms with Crippen molar-refractivity contribution in [2.75, 3.05) is 20.7 Å². The molecule has 2 heteroatoms. The molecule has 0 unspecified atom stereocenters. The molecule has 0 rings (SSSR count). The topological polar surface area (TPSA) is 12.5 Å². The zero-order chi connectivity index (χ0) is 8.20. The molecule has 62 valence electrons. The van der Waals surface area contributed by atoms with E-state index >= 15 is 0 Å². The molecule has 0 saturated heterocycles. The van der Waals surface area contributed by atoms with Gasteiger partial charge in [0, 0.05) is 14.1 Å². The number of hydrogen-bond acceptors (Lipinski definition) is 2. The number of rotatable bonds is 3. The molecule has 2 nitrogen and oxygen atoms in total. The lowest BCUT2D eigenvalue weighted by Crippen LogP contribution is -2.17. The lowest BCUT2D eigenvalue weighted by molar-refractivity contribution is -0.125.